The lowest BCUT2D eigenvalue weighted by Gasteiger charge is -2.11. The first-order chi connectivity index (χ1) is 15.0. The Labute approximate surface area is 178 Å². The van der Waals surface area contributed by atoms with Crippen LogP contribution in [0.15, 0.2) is 75.9 Å². The van der Waals surface area contributed by atoms with E-state index >= 15 is 0 Å². The van der Waals surface area contributed by atoms with Crippen LogP contribution in [-0.2, 0) is 0 Å². The Bertz CT molecular complexity index is 1340. The Kier molecular flexibility index (Phi) is 5.45. The molecule has 0 aliphatic heterocycles. The number of methoxy groups -OCH3 is 2. The molecule has 0 aliphatic carbocycles. The second-order valence-corrected chi connectivity index (χ2v) is 6.92. The number of carbonyl (C=O) groups excluding carboxylic acids is 1. The van der Waals surface area contributed by atoms with Gasteiger partial charge in [0.1, 0.15) is 22.8 Å². The minimum atomic E-state index is -0.540. The van der Waals surface area contributed by atoms with Crippen molar-refractivity contribution in [2.45, 2.75) is 6.92 Å². The molecule has 0 radical (unpaired) electrons. The number of aryl methyl sites for hydroxylation is 1. The van der Waals surface area contributed by atoms with Crippen molar-refractivity contribution in [2.24, 2.45) is 0 Å². The van der Waals surface area contributed by atoms with E-state index in [0.29, 0.717) is 39.2 Å². The summed E-state index contributed by atoms with van der Waals surface area (Å²) in [5, 5.41) is 0.676. The molecule has 0 N–H and O–H groups in total. The van der Waals surface area contributed by atoms with Crippen molar-refractivity contribution >= 4 is 16.9 Å². The fourth-order valence-corrected chi connectivity index (χ4v) is 3.33. The Balaban J connectivity index is 1.71. The van der Waals surface area contributed by atoms with E-state index in [4.69, 9.17) is 18.6 Å². The second-order valence-electron chi connectivity index (χ2n) is 6.92. The fourth-order valence-electron chi connectivity index (χ4n) is 3.33. The van der Waals surface area contributed by atoms with E-state index in [-0.39, 0.29) is 5.75 Å². The van der Waals surface area contributed by atoms with Gasteiger partial charge in [0.2, 0.25) is 0 Å². The monoisotopic (exact) mass is 416 g/mol. The number of hydrogen-bond acceptors (Lipinski definition) is 6. The third-order valence-corrected chi connectivity index (χ3v) is 4.98. The van der Waals surface area contributed by atoms with E-state index in [9.17, 15) is 9.59 Å². The van der Waals surface area contributed by atoms with Crippen LogP contribution in [0.1, 0.15) is 15.9 Å². The number of benzene rings is 3. The summed E-state index contributed by atoms with van der Waals surface area (Å²) in [5.74, 6) is 0.929. The zero-order chi connectivity index (χ0) is 22.0. The van der Waals surface area contributed by atoms with Crippen molar-refractivity contribution in [3.05, 3.63) is 88.3 Å². The maximum absolute atomic E-state index is 12.7. The molecule has 0 atom stereocenters. The van der Waals surface area contributed by atoms with Gasteiger partial charge >= 0.3 is 11.6 Å². The molecule has 6 nitrogen and oxygen atoms in total. The zero-order valence-corrected chi connectivity index (χ0v) is 17.3. The van der Waals surface area contributed by atoms with Crippen LogP contribution in [0.5, 0.6) is 17.2 Å². The SMILES string of the molecule is COc1ccc(OC)c(-c2cc3ccc(OC(=O)c4ccccc4C)cc3oc2=O)c1. The summed E-state index contributed by atoms with van der Waals surface area (Å²) in [6.07, 6.45) is 0. The van der Waals surface area contributed by atoms with Crippen molar-refractivity contribution in [2.75, 3.05) is 14.2 Å². The summed E-state index contributed by atoms with van der Waals surface area (Å²) in [6.45, 7) is 1.84. The maximum atomic E-state index is 12.7. The van der Waals surface area contributed by atoms with Gasteiger partial charge in [-0.15, -0.1) is 0 Å². The van der Waals surface area contributed by atoms with Crippen LogP contribution in [0.2, 0.25) is 0 Å². The largest absolute Gasteiger partial charge is 0.497 e. The molecule has 156 valence electrons. The molecule has 0 bridgehead atoms. The Morgan fingerprint density at radius 1 is 0.839 bits per heavy atom. The van der Waals surface area contributed by atoms with Crippen LogP contribution < -0.4 is 19.8 Å². The number of carbonyl (C=O) groups is 1. The molecule has 0 unspecified atom stereocenters. The highest BCUT2D eigenvalue weighted by atomic mass is 16.5. The first kappa shape index (κ1) is 20.2. The smallest absolute Gasteiger partial charge is 0.344 e. The van der Waals surface area contributed by atoms with Crippen molar-refractivity contribution in [3.63, 3.8) is 0 Å². The van der Waals surface area contributed by atoms with Gasteiger partial charge in [-0.25, -0.2) is 9.59 Å². The predicted molar refractivity (Wildman–Crippen MR) is 117 cm³/mol. The lowest BCUT2D eigenvalue weighted by Crippen LogP contribution is -2.10. The van der Waals surface area contributed by atoms with E-state index < -0.39 is 11.6 Å². The van der Waals surface area contributed by atoms with E-state index in [0.717, 1.165) is 5.56 Å². The highest BCUT2D eigenvalue weighted by molar-refractivity contribution is 5.93. The number of hydrogen-bond donors (Lipinski definition) is 0. The Morgan fingerprint density at radius 3 is 2.35 bits per heavy atom. The molecule has 31 heavy (non-hydrogen) atoms. The zero-order valence-electron chi connectivity index (χ0n) is 17.3. The molecule has 0 amide bonds. The summed E-state index contributed by atoms with van der Waals surface area (Å²) < 4.78 is 21.7. The van der Waals surface area contributed by atoms with E-state index in [1.807, 2.05) is 19.1 Å². The molecule has 0 fully saturated rings. The minimum absolute atomic E-state index is 0.288. The van der Waals surface area contributed by atoms with Crippen molar-refractivity contribution < 1.29 is 23.4 Å². The van der Waals surface area contributed by atoms with Crippen LogP contribution in [0.25, 0.3) is 22.1 Å². The second kappa shape index (κ2) is 8.36. The lowest BCUT2D eigenvalue weighted by atomic mass is 10.0. The summed E-state index contributed by atoms with van der Waals surface area (Å²) in [4.78, 5) is 25.2. The van der Waals surface area contributed by atoms with Gasteiger partial charge in [-0.2, -0.15) is 0 Å². The van der Waals surface area contributed by atoms with Crippen LogP contribution in [0, 0.1) is 6.92 Å². The molecule has 0 aliphatic rings. The van der Waals surface area contributed by atoms with Crippen LogP contribution in [0.3, 0.4) is 0 Å². The molecular formula is C25H20O6. The number of rotatable bonds is 5. The maximum Gasteiger partial charge on any atom is 0.344 e. The first-order valence-electron chi connectivity index (χ1n) is 9.58. The lowest BCUT2D eigenvalue weighted by molar-refractivity contribution is 0.0734. The van der Waals surface area contributed by atoms with E-state index in [1.165, 1.54) is 13.2 Å². The van der Waals surface area contributed by atoms with E-state index in [2.05, 4.69) is 0 Å². The van der Waals surface area contributed by atoms with Crippen LogP contribution >= 0.6 is 0 Å². The summed E-state index contributed by atoms with van der Waals surface area (Å²) >= 11 is 0. The highest BCUT2D eigenvalue weighted by Crippen LogP contribution is 2.33. The van der Waals surface area contributed by atoms with Gasteiger partial charge < -0.3 is 18.6 Å². The molecule has 0 saturated heterocycles. The molecule has 0 saturated carbocycles. The normalized spacial score (nSPS) is 10.7. The number of ether oxygens (including phenoxy) is 3. The summed E-state index contributed by atoms with van der Waals surface area (Å²) in [6, 6.07) is 19.0. The van der Waals surface area contributed by atoms with Crippen molar-refractivity contribution in [1.82, 2.24) is 0 Å². The number of fused-ring (bicyclic) bond motifs is 1. The van der Waals surface area contributed by atoms with Gasteiger partial charge in [0.05, 0.1) is 25.3 Å². The Hall–Kier alpha value is -4.06. The number of esters is 1. The average Bonchev–Trinajstić information content (AvgIpc) is 2.78. The molecule has 3 aromatic carbocycles. The predicted octanol–water partition coefficient (Wildman–Crippen LogP) is 5.00. The molecule has 1 aromatic heterocycles. The van der Waals surface area contributed by atoms with Crippen molar-refractivity contribution in [1.29, 1.82) is 0 Å². The van der Waals surface area contributed by atoms with Gasteiger partial charge in [0, 0.05) is 17.0 Å². The average molecular weight is 416 g/mol. The Morgan fingerprint density at radius 2 is 1.61 bits per heavy atom. The first-order valence-corrected chi connectivity index (χ1v) is 9.58. The van der Waals surface area contributed by atoms with Crippen LogP contribution in [-0.4, -0.2) is 20.2 Å². The van der Waals surface area contributed by atoms with Crippen molar-refractivity contribution in [3.8, 4) is 28.4 Å². The van der Waals surface area contributed by atoms with Gasteiger partial charge in [-0.05, 0) is 55.0 Å². The molecule has 6 heteroatoms. The molecule has 4 rings (SSSR count). The third kappa shape index (κ3) is 4.00. The quantitative estimate of drug-likeness (QED) is 0.259. The molecule has 4 aromatic rings. The van der Waals surface area contributed by atoms with Gasteiger partial charge in [-0.3, -0.25) is 0 Å². The standard InChI is InChI=1S/C25H20O6/c1-15-6-4-5-7-19(15)24(26)30-18-9-8-16-12-21(25(27)31-23(16)14-18)20-13-17(28-2)10-11-22(20)29-3/h4-14H,1-3H3. The summed E-state index contributed by atoms with van der Waals surface area (Å²) in [7, 11) is 3.08. The summed E-state index contributed by atoms with van der Waals surface area (Å²) in [5.41, 5.74) is 1.97. The molecular weight excluding hydrogens is 396 g/mol. The van der Waals surface area contributed by atoms with Gasteiger partial charge in [0.25, 0.3) is 0 Å². The van der Waals surface area contributed by atoms with E-state index in [1.54, 1.807) is 55.6 Å². The topological polar surface area (TPSA) is 75.0 Å². The molecule has 0 spiro atoms. The van der Waals surface area contributed by atoms with Crippen LogP contribution in [0.4, 0.5) is 0 Å². The third-order valence-electron chi connectivity index (χ3n) is 4.98. The van der Waals surface area contributed by atoms with Gasteiger partial charge in [-0.1, -0.05) is 18.2 Å². The molecule has 1 heterocycles. The van der Waals surface area contributed by atoms with Gasteiger partial charge in [0.15, 0.2) is 0 Å². The fraction of sp³-hybridized carbons (Fsp3) is 0.120. The minimum Gasteiger partial charge on any atom is -0.497 e. The highest BCUT2D eigenvalue weighted by Gasteiger charge is 2.16.